The Morgan fingerprint density at radius 2 is 1.80 bits per heavy atom. The number of carbonyl (C=O) groups excluding carboxylic acids is 2. The lowest BCUT2D eigenvalue weighted by atomic mass is 10.00. The first-order chi connectivity index (χ1) is 11.9. The maximum absolute atomic E-state index is 12.5. The molecule has 0 aliphatic rings. The lowest BCUT2D eigenvalue weighted by molar-refractivity contribution is -0.142. The van der Waals surface area contributed by atoms with Gasteiger partial charge in [-0.1, -0.05) is 35.4 Å². The number of nitrogens with one attached hydrogen (secondary N) is 1. The number of methoxy groups -OCH3 is 1. The molecule has 0 aliphatic carbocycles. The van der Waals surface area contributed by atoms with Crippen molar-refractivity contribution in [2.24, 2.45) is 0 Å². The highest BCUT2D eigenvalue weighted by atomic mass is 16.5. The summed E-state index contributed by atoms with van der Waals surface area (Å²) in [4.78, 5) is 24.6. The molecule has 2 rings (SSSR count). The molecule has 5 heteroatoms. The second kappa shape index (κ2) is 8.11. The van der Waals surface area contributed by atoms with Gasteiger partial charge in [0.05, 0.1) is 18.7 Å². The molecule has 2 aromatic rings. The van der Waals surface area contributed by atoms with Crippen molar-refractivity contribution in [3.05, 3.63) is 70.3 Å². The highest BCUT2D eigenvalue weighted by molar-refractivity contribution is 5.97. The molecule has 1 amide bonds. The number of nitrogens with zero attached hydrogens (tertiary/aromatic N) is 1. The summed E-state index contributed by atoms with van der Waals surface area (Å²) in [5.74, 6) is -0.901. The van der Waals surface area contributed by atoms with Crippen molar-refractivity contribution < 1.29 is 14.3 Å². The van der Waals surface area contributed by atoms with Crippen LogP contribution in [-0.2, 0) is 16.0 Å². The standard InChI is InChI=1S/C20H20N2O3/c1-13-8-14(2)10-17(9-13)19(23)22-18(20(24)25-3)11-15-6-4-5-7-16(15)12-21/h4-10,18H,11H2,1-3H3,(H,22,23)/t18-/m0/s1. The number of hydrogen-bond acceptors (Lipinski definition) is 4. The minimum absolute atomic E-state index is 0.187. The third-order valence-corrected chi connectivity index (χ3v) is 3.84. The van der Waals surface area contributed by atoms with Crippen LogP contribution in [0.2, 0.25) is 0 Å². The fourth-order valence-corrected chi connectivity index (χ4v) is 2.71. The predicted molar refractivity (Wildman–Crippen MR) is 94.0 cm³/mol. The van der Waals surface area contributed by atoms with Gasteiger partial charge in [-0.05, 0) is 37.6 Å². The summed E-state index contributed by atoms with van der Waals surface area (Å²) in [6, 6.07) is 13.7. The highest BCUT2D eigenvalue weighted by Gasteiger charge is 2.23. The molecule has 25 heavy (non-hydrogen) atoms. The van der Waals surface area contributed by atoms with E-state index in [4.69, 9.17) is 4.74 Å². The van der Waals surface area contributed by atoms with E-state index in [9.17, 15) is 14.9 Å². The van der Waals surface area contributed by atoms with Crippen LogP contribution >= 0.6 is 0 Å². The van der Waals surface area contributed by atoms with E-state index >= 15 is 0 Å². The fourth-order valence-electron chi connectivity index (χ4n) is 2.71. The van der Waals surface area contributed by atoms with Crippen LogP contribution in [0.25, 0.3) is 0 Å². The van der Waals surface area contributed by atoms with Crippen molar-refractivity contribution in [1.29, 1.82) is 5.26 Å². The van der Waals surface area contributed by atoms with Gasteiger partial charge in [-0.15, -0.1) is 0 Å². The van der Waals surface area contributed by atoms with Crippen LogP contribution in [0.3, 0.4) is 0 Å². The van der Waals surface area contributed by atoms with Gasteiger partial charge in [0.1, 0.15) is 6.04 Å². The maximum atomic E-state index is 12.5. The molecule has 1 atom stereocenters. The molecule has 1 N–H and O–H groups in total. The number of carbonyl (C=O) groups is 2. The molecule has 0 fully saturated rings. The molecule has 0 saturated carbocycles. The Bertz CT molecular complexity index is 817. The van der Waals surface area contributed by atoms with E-state index in [-0.39, 0.29) is 12.3 Å². The van der Waals surface area contributed by atoms with Crippen LogP contribution in [0, 0.1) is 25.2 Å². The Labute approximate surface area is 147 Å². The van der Waals surface area contributed by atoms with Crippen molar-refractivity contribution >= 4 is 11.9 Å². The van der Waals surface area contributed by atoms with Crippen molar-refractivity contribution in [3.63, 3.8) is 0 Å². The quantitative estimate of drug-likeness (QED) is 0.852. The van der Waals surface area contributed by atoms with Crippen LogP contribution in [-0.4, -0.2) is 25.0 Å². The van der Waals surface area contributed by atoms with E-state index < -0.39 is 12.0 Å². The van der Waals surface area contributed by atoms with Crippen molar-refractivity contribution in [1.82, 2.24) is 5.32 Å². The van der Waals surface area contributed by atoms with Crippen molar-refractivity contribution in [2.45, 2.75) is 26.3 Å². The fraction of sp³-hybridized carbons (Fsp3) is 0.250. The van der Waals surface area contributed by atoms with Crippen molar-refractivity contribution in [2.75, 3.05) is 7.11 Å². The van der Waals surface area contributed by atoms with Gasteiger partial charge >= 0.3 is 5.97 Å². The number of aryl methyl sites for hydroxylation is 2. The monoisotopic (exact) mass is 336 g/mol. The summed E-state index contributed by atoms with van der Waals surface area (Å²) in [6.45, 7) is 3.81. The van der Waals surface area contributed by atoms with Gasteiger partial charge in [-0.3, -0.25) is 4.79 Å². The molecule has 0 heterocycles. The summed E-state index contributed by atoms with van der Waals surface area (Å²) in [5.41, 5.74) is 3.57. The summed E-state index contributed by atoms with van der Waals surface area (Å²) in [5, 5.41) is 11.9. The molecule has 0 aliphatic heterocycles. The van der Waals surface area contributed by atoms with Crippen LogP contribution in [0.1, 0.15) is 32.6 Å². The molecule has 0 saturated heterocycles. The smallest absolute Gasteiger partial charge is 0.328 e. The van der Waals surface area contributed by atoms with Crippen LogP contribution in [0.15, 0.2) is 42.5 Å². The molecular formula is C20H20N2O3. The molecular weight excluding hydrogens is 316 g/mol. The summed E-state index contributed by atoms with van der Waals surface area (Å²) >= 11 is 0. The number of rotatable bonds is 5. The van der Waals surface area contributed by atoms with Gasteiger partial charge in [0.2, 0.25) is 0 Å². The Kier molecular flexibility index (Phi) is 5.91. The molecule has 0 bridgehead atoms. The average Bonchev–Trinajstić information content (AvgIpc) is 2.60. The van der Waals surface area contributed by atoms with Crippen LogP contribution in [0.4, 0.5) is 0 Å². The Balaban J connectivity index is 2.25. The Hall–Kier alpha value is -3.13. The van der Waals surface area contributed by atoms with Crippen LogP contribution < -0.4 is 5.32 Å². The van der Waals surface area contributed by atoms with Crippen LogP contribution in [0.5, 0.6) is 0 Å². The van der Waals surface area contributed by atoms with E-state index in [1.54, 1.807) is 36.4 Å². The summed E-state index contributed by atoms with van der Waals surface area (Å²) in [6.07, 6.45) is 0.187. The zero-order valence-corrected chi connectivity index (χ0v) is 14.5. The maximum Gasteiger partial charge on any atom is 0.328 e. The SMILES string of the molecule is COC(=O)[C@H](Cc1ccccc1C#N)NC(=O)c1cc(C)cc(C)c1. The Morgan fingerprint density at radius 1 is 1.16 bits per heavy atom. The number of benzene rings is 2. The molecule has 0 spiro atoms. The first kappa shape index (κ1) is 18.2. The minimum Gasteiger partial charge on any atom is -0.467 e. The van der Waals surface area contributed by atoms with E-state index in [0.717, 1.165) is 11.1 Å². The van der Waals surface area contributed by atoms with E-state index in [1.165, 1.54) is 7.11 Å². The van der Waals surface area contributed by atoms with Gasteiger partial charge in [-0.25, -0.2) is 4.79 Å². The number of hydrogen-bond donors (Lipinski definition) is 1. The first-order valence-corrected chi connectivity index (χ1v) is 7.89. The molecule has 0 aromatic heterocycles. The molecule has 2 aromatic carbocycles. The van der Waals surface area contributed by atoms with E-state index in [0.29, 0.717) is 16.7 Å². The minimum atomic E-state index is -0.868. The number of nitriles is 1. The largest absolute Gasteiger partial charge is 0.467 e. The predicted octanol–water partition coefficient (Wildman–Crippen LogP) is 2.69. The van der Waals surface area contributed by atoms with E-state index in [2.05, 4.69) is 11.4 Å². The van der Waals surface area contributed by atoms with Crippen molar-refractivity contribution in [3.8, 4) is 6.07 Å². The molecule has 0 radical (unpaired) electrons. The first-order valence-electron chi connectivity index (χ1n) is 7.89. The summed E-state index contributed by atoms with van der Waals surface area (Å²) < 4.78 is 4.81. The number of amides is 1. The average molecular weight is 336 g/mol. The summed E-state index contributed by atoms with van der Waals surface area (Å²) in [7, 11) is 1.27. The normalized spacial score (nSPS) is 11.3. The van der Waals surface area contributed by atoms with Gasteiger partial charge in [-0.2, -0.15) is 5.26 Å². The van der Waals surface area contributed by atoms with E-state index in [1.807, 2.05) is 19.9 Å². The molecule has 128 valence electrons. The lowest BCUT2D eigenvalue weighted by Gasteiger charge is -2.17. The molecule has 5 nitrogen and oxygen atoms in total. The highest BCUT2D eigenvalue weighted by Crippen LogP contribution is 2.13. The van der Waals surface area contributed by atoms with Gasteiger partial charge in [0.15, 0.2) is 0 Å². The Morgan fingerprint density at radius 3 is 2.40 bits per heavy atom. The second-order valence-electron chi connectivity index (χ2n) is 5.90. The topological polar surface area (TPSA) is 79.2 Å². The number of esters is 1. The lowest BCUT2D eigenvalue weighted by Crippen LogP contribution is -2.43. The zero-order chi connectivity index (χ0) is 18.4. The molecule has 0 unspecified atom stereocenters. The van der Waals surface area contributed by atoms with Gasteiger partial charge < -0.3 is 10.1 Å². The van der Waals surface area contributed by atoms with Gasteiger partial charge in [0, 0.05) is 12.0 Å². The second-order valence-corrected chi connectivity index (χ2v) is 5.90. The van der Waals surface area contributed by atoms with Gasteiger partial charge in [0.25, 0.3) is 5.91 Å². The third-order valence-electron chi connectivity index (χ3n) is 3.84. The number of ether oxygens (including phenoxy) is 1. The third kappa shape index (κ3) is 4.67. The zero-order valence-electron chi connectivity index (χ0n) is 14.5.